The molecule has 0 spiro atoms. The molecule has 0 saturated heterocycles. The second-order valence-electron chi connectivity index (χ2n) is 3.22. The molecule has 0 unspecified atom stereocenters. The van der Waals surface area contributed by atoms with E-state index in [9.17, 15) is 8.42 Å². The zero-order valence-electron chi connectivity index (χ0n) is 9.27. The van der Waals surface area contributed by atoms with Gasteiger partial charge in [-0.15, -0.1) is 0 Å². The highest BCUT2D eigenvalue weighted by Gasteiger charge is 2.17. The Morgan fingerprint density at radius 1 is 1.19 bits per heavy atom. The van der Waals surface area contributed by atoms with Crippen molar-refractivity contribution in [3.8, 4) is 0 Å². The van der Waals surface area contributed by atoms with Crippen molar-refractivity contribution in [1.82, 2.24) is 4.49 Å². The van der Waals surface area contributed by atoms with Crippen molar-refractivity contribution in [1.29, 1.82) is 0 Å². The molecule has 0 radical (unpaired) electrons. The van der Waals surface area contributed by atoms with Crippen LogP contribution in [0.4, 0.5) is 0 Å². The van der Waals surface area contributed by atoms with Crippen LogP contribution in [0.3, 0.4) is 0 Å². The molecule has 90 valence electrons. The standard InChI is InChI=1S/C10H15BrNO2PS/c1-3-15(4-2)12-16(13,14)10-7-5-9(11)6-8-10/h5-8,12H,3-4H2,1-2H3. The Kier molecular flexibility index (Phi) is 5.38. The Morgan fingerprint density at radius 2 is 1.69 bits per heavy atom. The van der Waals surface area contributed by atoms with Gasteiger partial charge in [0.1, 0.15) is 0 Å². The summed E-state index contributed by atoms with van der Waals surface area (Å²) in [7, 11) is -3.97. The Morgan fingerprint density at radius 3 is 2.12 bits per heavy atom. The van der Waals surface area contributed by atoms with Crippen molar-refractivity contribution in [3.63, 3.8) is 0 Å². The minimum absolute atomic E-state index is 0.324. The van der Waals surface area contributed by atoms with Crippen LogP contribution in [0.1, 0.15) is 13.8 Å². The summed E-state index contributed by atoms with van der Waals surface area (Å²) < 4.78 is 27.5. The van der Waals surface area contributed by atoms with E-state index in [1.54, 1.807) is 24.3 Å². The Labute approximate surface area is 107 Å². The number of hydrogen-bond donors (Lipinski definition) is 1. The van der Waals surface area contributed by atoms with Crippen molar-refractivity contribution in [3.05, 3.63) is 28.7 Å². The monoisotopic (exact) mass is 323 g/mol. The molecule has 0 fully saturated rings. The number of rotatable bonds is 5. The maximum atomic E-state index is 12.0. The van der Waals surface area contributed by atoms with E-state index in [-0.39, 0.29) is 0 Å². The lowest BCUT2D eigenvalue weighted by Gasteiger charge is -2.15. The zero-order chi connectivity index (χ0) is 12.2. The van der Waals surface area contributed by atoms with Gasteiger partial charge in [-0.05, 0) is 44.7 Å². The fourth-order valence-corrected chi connectivity index (χ4v) is 5.21. The summed E-state index contributed by atoms with van der Waals surface area (Å²) in [5.74, 6) is 0. The van der Waals surface area contributed by atoms with Gasteiger partial charge in [-0.2, -0.15) is 4.49 Å². The SMILES string of the molecule is CCP(CC)NS(=O)(=O)c1ccc(Br)cc1. The third kappa shape index (κ3) is 3.81. The number of nitrogens with one attached hydrogen (secondary N) is 1. The molecule has 0 heterocycles. The first-order chi connectivity index (χ1) is 7.49. The van der Waals surface area contributed by atoms with Crippen LogP contribution in [-0.2, 0) is 10.0 Å². The van der Waals surface area contributed by atoms with Gasteiger partial charge in [0.05, 0.1) is 4.90 Å². The molecule has 0 saturated carbocycles. The molecule has 1 aromatic rings. The molecular weight excluding hydrogens is 309 g/mol. The van der Waals surface area contributed by atoms with Gasteiger partial charge in [0.25, 0.3) is 0 Å². The van der Waals surface area contributed by atoms with Crippen LogP contribution in [0.2, 0.25) is 0 Å². The van der Waals surface area contributed by atoms with Crippen LogP contribution < -0.4 is 4.49 Å². The van der Waals surface area contributed by atoms with Crippen LogP contribution >= 0.6 is 24.0 Å². The summed E-state index contributed by atoms with van der Waals surface area (Å²) in [5.41, 5.74) is 0. The topological polar surface area (TPSA) is 46.2 Å². The predicted molar refractivity (Wildman–Crippen MR) is 72.5 cm³/mol. The van der Waals surface area contributed by atoms with E-state index in [2.05, 4.69) is 20.4 Å². The Balaban J connectivity index is 2.89. The average molecular weight is 324 g/mol. The van der Waals surface area contributed by atoms with E-state index in [1.807, 2.05) is 13.8 Å². The Bertz CT molecular complexity index is 429. The molecule has 1 rings (SSSR count). The van der Waals surface area contributed by atoms with Gasteiger partial charge in [0, 0.05) is 4.47 Å². The largest absolute Gasteiger partial charge is 0.243 e. The molecule has 0 atom stereocenters. The number of halogens is 1. The lowest BCUT2D eigenvalue weighted by molar-refractivity contribution is 0.594. The van der Waals surface area contributed by atoms with Crippen LogP contribution in [0.25, 0.3) is 0 Å². The molecule has 1 N–H and O–H groups in total. The predicted octanol–water partition coefficient (Wildman–Crippen LogP) is 3.16. The molecule has 6 heteroatoms. The summed E-state index contributed by atoms with van der Waals surface area (Å²) in [6.07, 6.45) is 1.73. The van der Waals surface area contributed by atoms with Gasteiger partial charge in [-0.25, -0.2) is 8.42 Å². The summed E-state index contributed by atoms with van der Waals surface area (Å²) in [6, 6.07) is 6.67. The van der Waals surface area contributed by atoms with Crippen LogP contribution in [0.15, 0.2) is 33.6 Å². The molecule has 16 heavy (non-hydrogen) atoms. The lowest BCUT2D eigenvalue weighted by Crippen LogP contribution is -2.20. The highest BCUT2D eigenvalue weighted by atomic mass is 79.9. The fourth-order valence-electron chi connectivity index (χ4n) is 1.19. The van der Waals surface area contributed by atoms with Crippen molar-refractivity contribution in [2.24, 2.45) is 0 Å². The van der Waals surface area contributed by atoms with E-state index in [4.69, 9.17) is 0 Å². The first-order valence-electron chi connectivity index (χ1n) is 5.02. The normalized spacial score (nSPS) is 12.0. The van der Waals surface area contributed by atoms with Crippen LogP contribution in [-0.4, -0.2) is 20.7 Å². The summed E-state index contributed by atoms with van der Waals surface area (Å²) >= 11 is 3.28. The van der Waals surface area contributed by atoms with E-state index >= 15 is 0 Å². The van der Waals surface area contributed by atoms with Crippen molar-refractivity contribution >= 4 is 34.0 Å². The third-order valence-corrected chi connectivity index (χ3v) is 7.08. The van der Waals surface area contributed by atoms with Crippen LogP contribution in [0, 0.1) is 0 Å². The number of benzene rings is 1. The lowest BCUT2D eigenvalue weighted by atomic mass is 10.4. The molecule has 0 aliphatic carbocycles. The molecular formula is C10H15BrNO2PS. The van der Waals surface area contributed by atoms with Crippen LogP contribution in [0.5, 0.6) is 0 Å². The van der Waals surface area contributed by atoms with Gasteiger partial charge in [0.15, 0.2) is 0 Å². The molecule has 1 aromatic carbocycles. The quantitative estimate of drug-likeness (QED) is 0.846. The van der Waals surface area contributed by atoms with Gasteiger partial charge >= 0.3 is 0 Å². The van der Waals surface area contributed by atoms with Gasteiger partial charge in [-0.3, -0.25) is 0 Å². The molecule has 0 aromatic heterocycles. The minimum atomic E-state index is -3.34. The average Bonchev–Trinajstić information content (AvgIpc) is 2.26. The highest BCUT2D eigenvalue weighted by molar-refractivity contribution is 9.10. The van der Waals surface area contributed by atoms with Gasteiger partial charge in [-0.1, -0.05) is 29.8 Å². The highest BCUT2D eigenvalue weighted by Crippen LogP contribution is 2.31. The number of sulfonamides is 1. The zero-order valence-corrected chi connectivity index (χ0v) is 12.6. The van der Waals surface area contributed by atoms with Crippen molar-refractivity contribution < 1.29 is 8.42 Å². The first-order valence-corrected chi connectivity index (χ1v) is 9.01. The molecule has 0 amide bonds. The first kappa shape index (κ1) is 14.1. The van der Waals surface area contributed by atoms with E-state index in [1.165, 1.54) is 0 Å². The molecule has 3 nitrogen and oxygen atoms in total. The fraction of sp³-hybridized carbons (Fsp3) is 0.400. The van der Waals surface area contributed by atoms with Gasteiger partial charge in [0.2, 0.25) is 10.0 Å². The van der Waals surface area contributed by atoms with Crippen molar-refractivity contribution in [2.75, 3.05) is 12.3 Å². The minimum Gasteiger partial charge on any atom is -0.207 e. The van der Waals surface area contributed by atoms with Gasteiger partial charge < -0.3 is 0 Å². The van der Waals surface area contributed by atoms with Crippen molar-refractivity contribution in [2.45, 2.75) is 18.7 Å². The number of hydrogen-bond acceptors (Lipinski definition) is 2. The summed E-state index contributed by atoms with van der Waals surface area (Å²) in [6.45, 7) is 4.00. The maximum Gasteiger partial charge on any atom is 0.243 e. The maximum absolute atomic E-state index is 12.0. The summed E-state index contributed by atoms with van der Waals surface area (Å²) in [5, 5.41) is 0. The second-order valence-corrected chi connectivity index (χ2v) is 8.69. The second kappa shape index (κ2) is 6.10. The van der Waals surface area contributed by atoms with E-state index < -0.39 is 18.1 Å². The van der Waals surface area contributed by atoms with E-state index in [0.29, 0.717) is 4.90 Å². The molecule has 0 aliphatic rings. The Hall–Kier alpha value is 0.0400. The molecule has 0 bridgehead atoms. The summed E-state index contributed by atoms with van der Waals surface area (Å²) in [4.78, 5) is 0.324. The smallest absolute Gasteiger partial charge is 0.207 e. The van der Waals surface area contributed by atoms with E-state index in [0.717, 1.165) is 16.8 Å². The third-order valence-electron chi connectivity index (χ3n) is 2.14. The molecule has 0 aliphatic heterocycles.